The highest BCUT2D eigenvalue weighted by atomic mass is 32.1. The van der Waals surface area contributed by atoms with Gasteiger partial charge in [0.15, 0.2) is 0 Å². The van der Waals surface area contributed by atoms with E-state index in [-0.39, 0.29) is 6.04 Å². The highest BCUT2D eigenvalue weighted by Gasteiger charge is 2.20. The number of anilines is 1. The lowest BCUT2D eigenvalue weighted by molar-refractivity contribution is 0.644. The number of hydrogen-bond acceptors (Lipinski definition) is 3. The molecule has 1 unspecified atom stereocenters. The number of rotatable bonds is 2. The van der Waals surface area contributed by atoms with Gasteiger partial charge in [-0.25, -0.2) is 0 Å². The molecule has 1 atom stereocenters. The third-order valence-corrected chi connectivity index (χ3v) is 4.29. The number of nitriles is 1. The predicted octanol–water partition coefficient (Wildman–Crippen LogP) is 3.23. The second kappa shape index (κ2) is 4.27. The minimum atomic E-state index is 0.177. The van der Waals surface area contributed by atoms with E-state index >= 15 is 0 Å². The summed E-state index contributed by atoms with van der Waals surface area (Å²) in [5, 5.41) is 11.2. The van der Waals surface area contributed by atoms with Crippen molar-refractivity contribution in [3.05, 3.63) is 39.2 Å². The number of thiophene rings is 1. The Morgan fingerprint density at radius 1 is 1.47 bits per heavy atom. The van der Waals surface area contributed by atoms with Gasteiger partial charge in [-0.1, -0.05) is 6.07 Å². The first kappa shape index (κ1) is 11.7. The van der Waals surface area contributed by atoms with Crippen LogP contribution in [0.2, 0.25) is 0 Å². The first-order chi connectivity index (χ1) is 8.07. The summed E-state index contributed by atoms with van der Waals surface area (Å²) in [6.45, 7) is 6.06. The van der Waals surface area contributed by atoms with Crippen LogP contribution in [-0.2, 0) is 0 Å². The Bertz CT molecular complexity index is 573. The molecule has 17 heavy (non-hydrogen) atoms. The fourth-order valence-electron chi connectivity index (χ4n) is 2.15. The molecule has 2 aromatic heterocycles. The monoisotopic (exact) mass is 245 g/mol. The summed E-state index contributed by atoms with van der Waals surface area (Å²) < 4.78 is 2.04. The standard InChI is InChI=1S/C13H15N3S/c1-8-9(2)16(13(15)11(8)7-14)10(3)12-5-4-6-17-12/h4-6,10H,15H2,1-3H3. The largest absolute Gasteiger partial charge is 0.384 e. The van der Waals surface area contributed by atoms with Crippen LogP contribution in [0.5, 0.6) is 0 Å². The molecule has 4 heteroatoms. The number of nitrogens with two attached hydrogens (primary N) is 1. The molecule has 2 heterocycles. The fourth-order valence-corrected chi connectivity index (χ4v) is 2.93. The van der Waals surface area contributed by atoms with E-state index in [9.17, 15) is 0 Å². The molecule has 0 bridgehead atoms. The molecule has 0 aliphatic carbocycles. The Morgan fingerprint density at radius 2 is 2.18 bits per heavy atom. The summed E-state index contributed by atoms with van der Waals surface area (Å²) >= 11 is 1.71. The van der Waals surface area contributed by atoms with Gasteiger partial charge in [-0.2, -0.15) is 5.26 Å². The maximum Gasteiger partial charge on any atom is 0.122 e. The van der Waals surface area contributed by atoms with Gasteiger partial charge in [-0.15, -0.1) is 11.3 Å². The molecule has 0 aliphatic heterocycles. The maximum atomic E-state index is 9.11. The zero-order valence-corrected chi connectivity index (χ0v) is 11.0. The van der Waals surface area contributed by atoms with Crippen LogP contribution in [0.15, 0.2) is 17.5 Å². The van der Waals surface area contributed by atoms with Gasteiger partial charge >= 0.3 is 0 Å². The van der Waals surface area contributed by atoms with Gasteiger partial charge in [0.2, 0.25) is 0 Å². The van der Waals surface area contributed by atoms with Crippen molar-refractivity contribution in [2.45, 2.75) is 26.8 Å². The Hall–Kier alpha value is -1.73. The van der Waals surface area contributed by atoms with Crippen molar-refractivity contribution in [3.8, 4) is 6.07 Å². The number of hydrogen-bond donors (Lipinski definition) is 1. The minimum Gasteiger partial charge on any atom is -0.384 e. The molecule has 2 aromatic rings. The Kier molecular flexibility index (Phi) is 2.95. The first-order valence-corrected chi connectivity index (χ1v) is 6.36. The van der Waals surface area contributed by atoms with Crippen molar-refractivity contribution >= 4 is 17.2 Å². The Labute approximate surface area is 105 Å². The molecule has 2 N–H and O–H groups in total. The molecule has 0 radical (unpaired) electrons. The minimum absolute atomic E-state index is 0.177. The van der Waals surface area contributed by atoms with Crippen molar-refractivity contribution in [1.82, 2.24) is 4.57 Å². The highest BCUT2D eigenvalue weighted by Crippen LogP contribution is 2.32. The van der Waals surface area contributed by atoms with Crippen LogP contribution in [0.3, 0.4) is 0 Å². The zero-order valence-electron chi connectivity index (χ0n) is 10.2. The van der Waals surface area contributed by atoms with Gasteiger partial charge in [0.05, 0.1) is 11.6 Å². The van der Waals surface area contributed by atoms with E-state index in [1.54, 1.807) is 11.3 Å². The van der Waals surface area contributed by atoms with Crippen LogP contribution in [0.25, 0.3) is 0 Å². The van der Waals surface area contributed by atoms with Crippen molar-refractivity contribution in [2.75, 3.05) is 5.73 Å². The second-order valence-electron chi connectivity index (χ2n) is 4.14. The molecular formula is C13H15N3S. The van der Waals surface area contributed by atoms with Gasteiger partial charge < -0.3 is 10.3 Å². The SMILES string of the molecule is Cc1c(C#N)c(N)n(C(C)c2cccs2)c1C. The van der Waals surface area contributed by atoms with Gasteiger partial charge in [-0.05, 0) is 37.8 Å². The molecule has 0 fully saturated rings. The van der Waals surface area contributed by atoms with E-state index in [4.69, 9.17) is 11.0 Å². The summed E-state index contributed by atoms with van der Waals surface area (Å²) in [5.41, 5.74) is 8.72. The van der Waals surface area contributed by atoms with Crippen LogP contribution < -0.4 is 5.73 Å². The lowest BCUT2D eigenvalue weighted by Gasteiger charge is -2.16. The van der Waals surface area contributed by atoms with Crippen LogP contribution in [0, 0.1) is 25.2 Å². The number of nitrogens with zero attached hydrogens (tertiary/aromatic N) is 2. The summed E-state index contributed by atoms with van der Waals surface area (Å²) in [5.74, 6) is 0.573. The van der Waals surface area contributed by atoms with Gasteiger partial charge in [0.1, 0.15) is 11.9 Å². The van der Waals surface area contributed by atoms with E-state index < -0.39 is 0 Å². The van der Waals surface area contributed by atoms with Crippen molar-refractivity contribution in [2.24, 2.45) is 0 Å². The molecule has 88 valence electrons. The van der Waals surface area contributed by atoms with Crippen LogP contribution in [0.1, 0.15) is 34.7 Å². The third kappa shape index (κ3) is 1.73. The van der Waals surface area contributed by atoms with E-state index in [2.05, 4.69) is 24.4 Å². The Balaban J connectivity index is 2.58. The third-order valence-electron chi connectivity index (χ3n) is 3.25. The summed E-state index contributed by atoms with van der Waals surface area (Å²) in [4.78, 5) is 1.25. The normalized spacial score (nSPS) is 12.4. The fraction of sp³-hybridized carbons (Fsp3) is 0.308. The number of nitrogen functional groups attached to an aromatic ring is 1. The molecule has 2 rings (SSSR count). The quantitative estimate of drug-likeness (QED) is 0.883. The van der Waals surface area contributed by atoms with Gasteiger partial charge in [0, 0.05) is 10.6 Å². The topological polar surface area (TPSA) is 54.7 Å². The molecule has 0 aliphatic rings. The predicted molar refractivity (Wildman–Crippen MR) is 71.2 cm³/mol. The van der Waals surface area contributed by atoms with E-state index in [0.717, 1.165) is 11.3 Å². The first-order valence-electron chi connectivity index (χ1n) is 5.48. The maximum absolute atomic E-state index is 9.11. The molecule has 0 saturated heterocycles. The van der Waals surface area contributed by atoms with Crippen LogP contribution in [0.4, 0.5) is 5.82 Å². The van der Waals surface area contributed by atoms with Crippen molar-refractivity contribution in [1.29, 1.82) is 5.26 Å². The van der Waals surface area contributed by atoms with Crippen LogP contribution >= 0.6 is 11.3 Å². The van der Waals surface area contributed by atoms with Crippen molar-refractivity contribution < 1.29 is 0 Å². The molecule has 0 spiro atoms. The zero-order chi connectivity index (χ0) is 12.6. The molecule has 0 amide bonds. The number of aromatic nitrogens is 1. The van der Waals surface area contributed by atoms with Crippen molar-refractivity contribution in [3.63, 3.8) is 0 Å². The van der Waals surface area contributed by atoms with Gasteiger partial charge in [0.25, 0.3) is 0 Å². The summed E-state index contributed by atoms with van der Waals surface area (Å²) in [6.07, 6.45) is 0. The van der Waals surface area contributed by atoms with E-state index in [1.165, 1.54) is 4.88 Å². The van der Waals surface area contributed by atoms with E-state index in [0.29, 0.717) is 11.4 Å². The lowest BCUT2D eigenvalue weighted by Crippen LogP contribution is -2.10. The highest BCUT2D eigenvalue weighted by molar-refractivity contribution is 7.10. The second-order valence-corrected chi connectivity index (χ2v) is 5.12. The smallest absolute Gasteiger partial charge is 0.122 e. The lowest BCUT2D eigenvalue weighted by atomic mass is 10.2. The summed E-state index contributed by atoms with van der Waals surface area (Å²) in [6, 6.07) is 6.48. The van der Waals surface area contributed by atoms with Gasteiger partial charge in [-0.3, -0.25) is 0 Å². The average Bonchev–Trinajstić information content (AvgIpc) is 2.88. The molecular weight excluding hydrogens is 230 g/mol. The Morgan fingerprint density at radius 3 is 2.65 bits per heavy atom. The average molecular weight is 245 g/mol. The molecule has 0 saturated carbocycles. The molecule has 0 aromatic carbocycles. The van der Waals surface area contributed by atoms with Crippen LogP contribution in [-0.4, -0.2) is 4.57 Å². The summed E-state index contributed by atoms with van der Waals surface area (Å²) in [7, 11) is 0. The molecule has 3 nitrogen and oxygen atoms in total. The van der Waals surface area contributed by atoms with E-state index in [1.807, 2.05) is 24.5 Å².